The third kappa shape index (κ3) is 7.24. The van der Waals surface area contributed by atoms with Crippen molar-refractivity contribution in [2.45, 2.75) is 45.9 Å². The third-order valence-corrected chi connectivity index (χ3v) is 5.57. The minimum atomic E-state index is -0.536. The SMILES string of the molecule is CCN1CCCN(Cc2ccc(OC)c(OCC(O)CN(C)C(C)C)c2)CC1. The van der Waals surface area contributed by atoms with Crippen LogP contribution in [0.4, 0.5) is 0 Å². The predicted molar refractivity (Wildman–Crippen MR) is 114 cm³/mol. The summed E-state index contributed by atoms with van der Waals surface area (Å²) < 4.78 is 11.4. The molecule has 1 aliphatic rings. The summed E-state index contributed by atoms with van der Waals surface area (Å²) in [5.41, 5.74) is 1.22. The molecule has 1 unspecified atom stereocenters. The molecule has 0 aromatic heterocycles. The lowest BCUT2D eigenvalue weighted by atomic mass is 10.2. The molecule has 0 bridgehead atoms. The molecule has 1 fully saturated rings. The largest absolute Gasteiger partial charge is 0.493 e. The van der Waals surface area contributed by atoms with Gasteiger partial charge in [0.2, 0.25) is 0 Å². The van der Waals surface area contributed by atoms with Crippen molar-refractivity contribution in [2.75, 3.05) is 60.0 Å². The minimum absolute atomic E-state index is 0.256. The Balaban J connectivity index is 1.95. The molecule has 0 saturated carbocycles. The monoisotopic (exact) mass is 393 g/mol. The van der Waals surface area contributed by atoms with Crippen LogP contribution in [0.5, 0.6) is 11.5 Å². The van der Waals surface area contributed by atoms with E-state index in [1.165, 1.54) is 18.5 Å². The van der Waals surface area contributed by atoms with Crippen LogP contribution in [0.15, 0.2) is 18.2 Å². The van der Waals surface area contributed by atoms with Gasteiger partial charge in [0.05, 0.1) is 7.11 Å². The Labute approximate surface area is 171 Å². The Kier molecular flexibility index (Phi) is 9.51. The quantitative estimate of drug-likeness (QED) is 0.658. The number of hydrogen-bond donors (Lipinski definition) is 1. The van der Waals surface area contributed by atoms with Gasteiger partial charge in [0.25, 0.3) is 0 Å². The van der Waals surface area contributed by atoms with Crippen molar-refractivity contribution < 1.29 is 14.6 Å². The van der Waals surface area contributed by atoms with Crippen LogP contribution in [-0.4, -0.2) is 92.0 Å². The highest BCUT2D eigenvalue weighted by atomic mass is 16.5. The summed E-state index contributed by atoms with van der Waals surface area (Å²) >= 11 is 0. The first-order valence-corrected chi connectivity index (χ1v) is 10.6. The fourth-order valence-corrected chi connectivity index (χ4v) is 3.47. The van der Waals surface area contributed by atoms with E-state index in [1.54, 1.807) is 7.11 Å². The summed E-state index contributed by atoms with van der Waals surface area (Å²) in [5.74, 6) is 1.41. The smallest absolute Gasteiger partial charge is 0.161 e. The number of likely N-dealkylation sites (N-methyl/N-ethyl adjacent to an activating group) is 2. The maximum atomic E-state index is 10.3. The minimum Gasteiger partial charge on any atom is -0.493 e. The molecule has 1 aromatic carbocycles. The first kappa shape index (κ1) is 22.9. The van der Waals surface area contributed by atoms with E-state index in [1.807, 2.05) is 13.1 Å². The second kappa shape index (κ2) is 11.6. The summed E-state index contributed by atoms with van der Waals surface area (Å²) in [4.78, 5) is 7.13. The molecule has 1 aliphatic heterocycles. The number of ether oxygens (including phenoxy) is 2. The van der Waals surface area contributed by atoms with Crippen molar-refractivity contribution in [2.24, 2.45) is 0 Å². The molecular weight excluding hydrogens is 354 g/mol. The lowest BCUT2D eigenvalue weighted by Gasteiger charge is -2.24. The average molecular weight is 394 g/mol. The highest BCUT2D eigenvalue weighted by Gasteiger charge is 2.16. The van der Waals surface area contributed by atoms with E-state index in [0.717, 1.165) is 32.7 Å². The number of aliphatic hydroxyl groups excluding tert-OH is 1. The van der Waals surface area contributed by atoms with Crippen molar-refractivity contribution in [3.63, 3.8) is 0 Å². The van der Waals surface area contributed by atoms with Gasteiger partial charge in [0, 0.05) is 32.2 Å². The van der Waals surface area contributed by atoms with Crippen LogP contribution in [0.1, 0.15) is 32.8 Å². The molecule has 1 aromatic rings. The average Bonchev–Trinajstić information content (AvgIpc) is 2.91. The summed E-state index contributed by atoms with van der Waals surface area (Å²) in [6.45, 7) is 13.9. The van der Waals surface area contributed by atoms with Crippen molar-refractivity contribution in [1.82, 2.24) is 14.7 Å². The van der Waals surface area contributed by atoms with Crippen LogP contribution in [0, 0.1) is 0 Å². The Morgan fingerprint density at radius 2 is 1.82 bits per heavy atom. The number of methoxy groups -OCH3 is 1. The maximum Gasteiger partial charge on any atom is 0.161 e. The molecule has 2 rings (SSSR count). The van der Waals surface area contributed by atoms with Crippen molar-refractivity contribution >= 4 is 0 Å². The van der Waals surface area contributed by atoms with E-state index in [4.69, 9.17) is 9.47 Å². The number of aliphatic hydroxyl groups is 1. The normalized spacial score (nSPS) is 17.7. The molecule has 0 spiro atoms. The van der Waals surface area contributed by atoms with Gasteiger partial charge < -0.3 is 24.4 Å². The number of benzene rings is 1. The van der Waals surface area contributed by atoms with Crippen LogP contribution in [0.3, 0.4) is 0 Å². The molecule has 0 amide bonds. The highest BCUT2D eigenvalue weighted by Crippen LogP contribution is 2.29. The van der Waals surface area contributed by atoms with Gasteiger partial charge in [-0.25, -0.2) is 0 Å². The van der Waals surface area contributed by atoms with Gasteiger partial charge in [-0.15, -0.1) is 0 Å². The topological polar surface area (TPSA) is 48.4 Å². The van der Waals surface area contributed by atoms with E-state index >= 15 is 0 Å². The zero-order valence-electron chi connectivity index (χ0n) is 18.4. The van der Waals surface area contributed by atoms with E-state index in [9.17, 15) is 5.11 Å². The Bertz CT molecular complexity index is 582. The summed E-state index contributed by atoms with van der Waals surface area (Å²) in [5, 5.41) is 10.3. The van der Waals surface area contributed by atoms with Crippen LogP contribution in [-0.2, 0) is 6.54 Å². The number of nitrogens with zero attached hydrogens (tertiary/aromatic N) is 3. The zero-order valence-corrected chi connectivity index (χ0v) is 18.4. The predicted octanol–water partition coefficient (Wildman–Crippen LogP) is 2.30. The van der Waals surface area contributed by atoms with Gasteiger partial charge in [-0.1, -0.05) is 13.0 Å². The fraction of sp³-hybridized carbons (Fsp3) is 0.727. The highest BCUT2D eigenvalue weighted by molar-refractivity contribution is 5.43. The lowest BCUT2D eigenvalue weighted by Crippen LogP contribution is -2.37. The van der Waals surface area contributed by atoms with Gasteiger partial charge in [-0.05, 0) is 64.6 Å². The second-order valence-corrected chi connectivity index (χ2v) is 8.05. The molecule has 0 aliphatic carbocycles. The number of hydrogen-bond acceptors (Lipinski definition) is 6. The van der Waals surface area contributed by atoms with Gasteiger partial charge in [0.1, 0.15) is 12.7 Å². The molecule has 0 radical (unpaired) electrons. The molecule has 1 atom stereocenters. The molecule has 6 heteroatoms. The molecule has 160 valence electrons. The van der Waals surface area contributed by atoms with Crippen LogP contribution in [0.25, 0.3) is 0 Å². The lowest BCUT2D eigenvalue weighted by molar-refractivity contribution is 0.0668. The van der Waals surface area contributed by atoms with Gasteiger partial charge in [0.15, 0.2) is 11.5 Å². The van der Waals surface area contributed by atoms with Crippen LogP contribution in [0.2, 0.25) is 0 Å². The first-order valence-electron chi connectivity index (χ1n) is 10.6. The van der Waals surface area contributed by atoms with Gasteiger partial charge >= 0.3 is 0 Å². The van der Waals surface area contributed by atoms with Crippen LogP contribution >= 0.6 is 0 Å². The molecule has 1 heterocycles. The Hall–Kier alpha value is -1.34. The van der Waals surface area contributed by atoms with E-state index in [2.05, 4.69) is 47.6 Å². The summed E-state index contributed by atoms with van der Waals surface area (Å²) in [6.07, 6.45) is 0.675. The molecule has 6 nitrogen and oxygen atoms in total. The first-order chi connectivity index (χ1) is 13.4. The number of rotatable bonds is 10. The maximum absolute atomic E-state index is 10.3. The van der Waals surface area contributed by atoms with Crippen molar-refractivity contribution in [3.05, 3.63) is 23.8 Å². The summed E-state index contributed by atoms with van der Waals surface area (Å²) in [6, 6.07) is 6.52. The molecule has 1 saturated heterocycles. The standard InChI is InChI=1S/C22H39N3O3/c1-6-24-10-7-11-25(13-12-24)15-19-8-9-21(27-5)22(14-19)28-17-20(26)16-23(4)18(2)3/h8-9,14,18,20,26H,6-7,10-13,15-17H2,1-5H3. The summed E-state index contributed by atoms with van der Waals surface area (Å²) in [7, 11) is 3.66. The van der Waals surface area contributed by atoms with Crippen molar-refractivity contribution in [3.8, 4) is 11.5 Å². The van der Waals surface area contributed by atoms with E-state index in [0.29, 0.717) is 24.1 Å². The molecule has 1 N–H and O–H groups in total. The molecule has 28 heavy (non-hydrogen) atoms. The van der Waals surface area contributed by atoms with Gasteiger partial charge in [-0.2, -0.15) is 0 Å². The molecular formula is C22H39N3O3. The third-order valence-electron chi connectivity index (χ3n) is 5.57. The second-order valence-electron chi connectivity index (χ2n) is 8.05. The zero-order chi connectivity index (χ0) is 20.5. The van der Waals surface area contributed by atoms with Crippen molar-refractivity contribution in [1.29, 1.82) is 0 Å². The fourth-order valence-electron chi connectivity index (χ4n) is 3.47. The van der Waals surface area contributed by atoms with Gasteiger partial charge in [-0.3, -0.25) is 4.90 Å². The Morgan fingerprint density at radius 3 is 2.50 bits per heavy atom. The van der Waals surface area contributed by atoms with E-state index in [-0.39, 0.29) is 6.61 Å². The Morgan fingerprint density at radius 1 is 1.11 bits per heavy atom. The van der Waals surface area contributed by atoms with Crippen LogP contribution < -0.4 is 9.47 Å². The van der Waals surface area contributed by atoms with E-state index < -0.39 is 6.10 Å².